The largest absolute Gasteiger partial charge is 0.312 e. The Hall–Kier alpha value is -0.0800. The first-order valence-electron chi connectivity index (χ1n) is 7.64. The summed E-state index contributed by atoms with van der Waals surface area (Å²) in [6, 6.07) is 1.64. The molecule has 0 radical (unpaired) electrons. The molecule has 0 aliphatic carbocycles. The van der Waals surface area contributed by atoms with Gasteiger partial charge in [0.05, 0.1) is 0 Å². The predicted octanol–water partition coefficient (Wildman–Crippen LogP) is 2.89. The Balaban J connectivity index is 1.72. The molecule has 0 amide bonds. The molecule has 2 rings (SSSR count). The molecule has 17 heavy (non-hydrogen) atoms. The number of rotatable bonds is 5. The van der Waals surface area contributed by atoms with Crippen molar-refractivity contribution in [3.05, 3.63) is 0 Å². The van der Waals surface area contributed by atoms with Crippen LogP contribution in [0.2, 0.25) is 0 Å². The second-order valence-corrected chi connectivity index (χ2v) is 6.64. The van der Waals surface area contributed by atoms with Gasteiger partial charge in [0.25, 0.3) is 0 Å². The molecule has 3 atom stereocenters. The zero-order valence-corrected chi connectivity index (χ0v) is 11.9. The van der Waals surface area contributed by atoms with Gasteiger partial charge in [-0.25, -0.2) is 0 Å². The molecule has 2 aliphatic rings. The average Bonchev–Trinajstić information content (AvgIpc) is 2.69. The SMILES string of the molecule is CC(C)CC(C)CNC1CCN2CCCCC12. The third-order valence-corrected chi connectivity index (χ3v) is 4.46. The van der Waals surface area contributed by atoms with Crippen molar-refractivity contribution in [3.8, 4) is 0 Å². The van der Waals surface area contributed by atoms with Gasteiger partial charge in [-0.2, -0.15) is 0 Å². The summed E-state index contributed by atoms with van der Waals surface area (Å²) in [5.74, 6) is 1.66. The van der Waals surface area contributed by atoms with E-state index in [-0.39, 0.29) is 0 Å². The van der Waals surface area contributed by atoms with Crippen LogP contribution in [-0.4, -0.2) is 36.6 Å². The van der Waals surface area contributed by atoms with Gasteiger partial charge in [0.15, 0.2) is 0 Å². The highest BCUT2D eigenvalue weighted by Gasteiger charge is 2.34. The van der Waals surface area contributed by atoms with E-state index in [9.17, 15) is 0 Å². The van der Waals surface area contributed by atoms with Crippen LogP contribution in [0.25, 0.3) is 0 Å². The Kier molecular flexibility index (Phi) is 4.87. The van der Waals surface area contributed by atoms with Crippen LogP contribution in [-0.2, 0) is 0 Å². The van der Waals surface area contributed by atoms with Crippen LogP contribution < -0.4 is 5.32 Å². The minimum absolute atomic E-state index is 0.782. The van der Waals surface area contributed by atoms with Gasteiger partial charge in [-0.3, -0.25) is 4.90 Å². The quantitative estimate of drug-likeness (QED) is 0.792. The van der Waals surface area contributed by atoms with Gasteiger partial charge in [0.2, 0.25) is 0 Å². The highest BCUT2D eigenvalue weighted by atomic mass is 15.2. The van der Waals surface area contributed by atoms with E-state index in [1.165, 1.54) is 51.7 Å². The monoisotopic (exact) mass is 238 g/mol. The molecule has 0 aromatic carbocycles. The molecule has 0 bridgehead atoms. The van der Waals surface area contributed by atoms with Crippen LogP contribution in [0.15, 0.2) is 0 Å². The van der Waals surface area contributed by atoms with Gasteiger partial charge in [-0.15, -0.1) is 0 Å². The fourth-order valence-electron chi connectivity index (χ4n) is 3.73. The van der Waals surface area contributed by atoms with Crippen LogP contribution in [0.4, 0.5) is 0 Å². The van der Waals surface area contributed by atoms with Gasteiger partial charge >= 0.3 is 0 Å². The molecule has 0 aromatic heterocycles. The summed E-state index contributed by atoms with van der Waals surface area (Å²) in [6.45, 7) is 10.9. The van der Waals surface area contributed by atoms with E-state index >= 15 is 0 Å². The summed E-state index contributed by atoms with van der Waals surface area (Å²) in [5.41, 5.74) is 0. The first kappa shape index (κ1) is 13.4. The molecule has 2 saturated heterocycles. The Labute approximate surface area is 107 Å². The lowest BCUT2D eigenvalue weighted by molar-refractivity contribution is 0.178. The molecule has 2 nitrogen and oxygen atoms in total. The fraction of sp³-hybridized carbons (Fsp3) is 1.00. The van der Waals surface area contributed by atoms with Crippen molar-refractivity contribution in [2.45, 2.75) is 65.0 Å². The highest BCUT2D eigenvalue weighted by Crippen LogP contribution is 2.27. The van der Waals surface area contributed by atoms with E-state index in [0.29, 0.717) is 0 Å². The summed E-state index contributed by atoms with van der Waals surface area (Å²) in [5, 5.41) is 3.84. The van der Waals surface area contributed by atoms with Gasteiger partial charge in [-0.1, -0.05) is 27.2 Å². The van der Waals surface area contributed by atoms with Gasteiger partial charge in [0, 0.05) is 18.6 Å². The van der Waals surface area contributed by atoms with E-state index < -0.39 is 0 Å². The minimum Gasteiger partial charge on any atom is -0.312 e. The predicted molar refractivity (Wildman–Crippen MR) is 74.2 cm³/mol. The molecule has 0 aromatic rings. The number of hydrogen-bond donors (Lipinski definition) is 1. The second kappa shape index (κ2) is 6.19. The summed E-state index contributed by atoms with van der Waals surface area (Å²) in [4.78, 5) is 2.72. The second-order valence-electron chi connectivity index (χ2n) is 6.64. The number of piperidine rings is 1. The van der Waals surface area contributed by atoms with Gasteiger partial charge in [0.1, 0.15) is 0 Å². The maximum Gasteiger partial charge on any atom is 0.0249 e. The third-order valence-electron chi connectivity index (χ3n) is 4.46. The summed E-state index contributed by atoms with van der Waals surface area (Å²) in [7, 11) is 0. The molecule has 100 valence electrons. The molecule has 2 heteroatoms. The Morgan fingerprint density at radius 3 is 2.71 bits per heavy atom. The van der Waals surface area contributed by atoms with Crippen molar-refractivity contribution in [3.63, 3.8) is 0 Å². The standard InChI is InChI=1S/C15H30N2/c1-12(2)10-13(3)11-16-14-7-9-17-8-5-4-6-15(14)17/h12-16H,4-11H2,1-3H3. The number of nitrogens with one attached hydrogen (secondary N) is 1. The lowest BCUT2D eigenvalue weighted by Gasteiger charge is -2.33. The molecule has 2 fully saturated rings. The molecule has 3 unspecified atom stereocenters. The lowest BCUT2D eigenvalue weighted by Crippen LogP contribution is -2.45. The minimum atomic E-state index is 0.782. The zero-order chi connectivity index (χ0) is 12.3. The Bertz CT molecular complexity index is 227. The number of fused-ring (bicyclic) bond motifs is 1. The van der Waals surface area contributed by atoms with Crippen molar-refractivity contribution in [1.82, 2.24) is 10.2 Å². The lowest BCUT2D eigenvalue weighted by atomic mass is 9.96. The van der Waals surface area contributed by atoms with Crippen molar-refractivity contribution in [1.29, 1.82) is 0 Å². The van der Waals surface area contributed by atoms with Crippen molar-refractivity contribution < 1.29 is 0 Å². The number of nitrogens with zero attached hydrogens (tertiary/aromatic N) is 1. The first-order valence-corrected chi connectivity index (χ1v) is 7.64. The maximum absolute atomic E-state index is 3.84. The van der Waals surface area contributed by atoms with E-state index in [0.717, 1.165) is 23.9 Å². The topological polar surface area (TPSA) is 15.3 Å². The summed E-state index contributed by atoms with van der Waals surface area (Å²) in [6.07, 6.45) is 7.03. The van der Waals surface area contributed by atoms with E-state index in [4.69, 9.17) is 0 Å². The zero-order valence-electron chi connectivity index (χ0n) is 11.9. The Morgan fingerprint density at radius 2 is 1.94 bits per heavy atom. The van der Waals surface area contributed by atoms with E-state index in [1.807, 2.05) is 0 Å². The molecule has 2 aliphatic heterocycles. The van der Waals surface area contributed by atoms with Gasteiger partial charge in [-0.05, 0) is 50.6 Å². The third kappa shape index (κ3) is 3.69. The highest BCUT2D eigenvalue weighted by molar-refractivity contribution is 4.94. The smallest absolute Gasteiger partial charge is 0.0249 e. The summed E-state index contributed by atoms with van der Waals surface area (Å²) < 4.78 is 0. The van der Waals surface area contributed by atoms with Crippen LogP contribution in [0.5, 0.6) is 0 Å². The van der Waals surface area contributed by atoms with Crippen LogP contribution in [0.3, 0.4) is 0 Å². The van der Waals surface area contributed by atoms with Crippen LogP contribution >= 0.6 is 0 Å². The molecule has 0 saturated carbocycles. The van der Waals surface area contributed by atoms with E-state index in [2.05, 4.69) is 31.0 Å². The fourth-order valence-corrected chi connectivity index (χ4v) is 3.73. The van der Waals surface area contributed by atoms with Crippen molar-refractivity contribution in [2.24, 2.45) is 11.8 Å². The number of hydrogen-bond acceptors (Lipinski definition) is 2. The average molecular weight is 238 g/mol. The molecule has 1 N–H and O–H groups in total. The van der Waals surface area contributed by atoms with Crippen molar-refractivity contribution in [2.75, 3.05) is 19.6 Å². The first-order chi connectivity index (χ1) is 8.16. The molecule has 0 spiro atoms. The van der Waals surface area contributed by atoms with Crippen molar-refractivity contribution >= 4 is 0 Å². The van der Waals surface area contributed by atoms with E-state index in [1.54, 1.807) is 0 Å². The summed E-state index contributed by atoms with van der Waals surface area (Å²) >= 11 is 0. The van der Waals surface area contributed by atoms with Crippen LogP contribution in [0.1, 0.15) is 52.9 Å². The maximum atomic E-state index is 3.84. The molecular formula is C15H30N2. The normalized spacial score (nSPS) is 31.8. The molecule has 2 heterocycles. The van der Waals surface area contributed by atoms with Gasteiger partial charge < -0.3 is 5.32 Å². The molecular weight excluding hydrogens is 208 g/mol. The Morgan fingerprint density at radius 1 is 1.12 bits per heavy atom. The van der Waals surface area contributed by atoms with Crippen LogP contribution in [0, 0.1) is 11.8 Å².